The van der Waals surface area contributed by atoms with Crippen molar-refractivity contribution in [3.63, 3.8) is 0 Å². The highest BCUT2D eigenvalue weighted by Gasteiger charge is 2.18. The SMILES string of the molecule is Cn1cc(C(=O)O)c(CN2CCCCCC2)n1. The molecule has 0 saturated carbocycles. The van der Waals surface area contributed by atoms with E-state index >= 15 is 0 Å². The molecule has 1 aliphatic rings. The minimum Gasteiger partial charge on any atom is -0.478 e. The second-order valence-corrected chi connectivity index (χ2v) is 4.66. The molecule has 0 amide bonds. The van der Waals surface area contributed by atoms with Crippen molar-refractivity contribution in [2.45, 2.75) is 32.2 Å². The Balaban J connectivity index is 2.08. The number of hydrogen-bond acceptors (Lipinski definition) is 3. The van der Waals surface area contributed by atoms with Gasteiger partial charge >= 0.3 is 5.97 Å². The molecule has 0 aromatic carbocycles. The van der Waals surface area contributed by atoms with Crippen LogP contribution in [0.1, 0.15) is 41.7 Å². The predicted molar refractivity (Wildman–Crippen MR) is 63.9 cm³/mol. The first-order chi connectivity index (χ1) is 8.16. The molecule has 5 heteroatoms. The van der Waals surface area contributed by atoms with Gasteiger partial charge in [0.1, 0.15) is 5.56 Å². The lowest BCUT2D eigenvalue weighted by atomic mass is 10.2. The molecule has 17 heavy (non-hydrogen) atoms. The highest BCUT2D eigenvalue weighted by molar-refractivity contribution is 5.88. The van der Waals surface area contributed by atoms with Gasteiger partial charge in [0.15, 0.2) is 0 Å². The van der Waals surface area contributed by atoms with Crippen molar-refractivity contribution < 1.29 is 9.90 Å². The third kappa shape index (κ3) is 3.06. The summed E-state index contributed by atoms with van der Waals surface area (Å²) in [6, 6.07) is 0. The quantitative estimate of drug-likeness (QED) is 0.865. The van der Waals surface area contributed by atoms with Crippen molar-refractivity contribution in [1.29, 1.82) is 0 Å². The van der Waals surface area contributed by atoms with Gasteiger partial charge in [-0.2, -0.15) is 5.10 Å². The third-order valence-electron chi connectivity index (χ3n) is 3.21. The molecule has 1 aromatic heterocycles. The number of rotatable bonds is 3. The number of aromatic nitrogens is 2. The Labute approximate surface area is 101 Å². The van der Waals surface area contributed by atoms with Crippen LogP contribution in [0, 0.1) is 0 Å². The Kier molecular flexibility index (Phi) is 3.78. The Morgan fingerprint density at radius 3 is 2.59 bits per heavy atom. The summed E-state index contributed by atoms with van der Waals surface area (Å²) in [6.07, 6.45) is 6.55. The molecular weight excluding hydrogens is 218 g/mol. The first-order valence-corrected chi connectivity index (χ1v) is 6.15. The summed E-state index contributed by atoms with van der Waals surface area (Å²) in [5, 5.41) is 13.3. The van der Waals surface area contributed by atoms with Gasteiger partial charge in [-0.05, 0) is 25.9 Å². The number of likely N-dealkylation sites (tertiary alicyclic amines) is 1. The summed E-state index contributed by atoms with van der Waals surface area (Å²) in [5.74, 6) is -0.886. The van der Waals surface area contributed by atoms with E-state index in [0.29, 0.717) is 17.8 Å². The van der Waals surface area contributed by atoms with Crippen LogP contribution in [-0.4, -0.2) is 38.8 Å². The molecule has 2 rings (SSSR count). The first-order valence-electron chi connectivity index (χ1n) is 6.15. The zero-order valence-corrected chi connectivity index (χ0v) is 10.2. The van der Waals surface area contributed by atoms with E-state index in [0.717, 1.165) is 13.1 Å². The van der Waals surface area contributed by atoms with Gasteiger partial charge in [-0.1, -0.05) is 12.8 Å². The molecule has 1 N–H and O–H groups in total. The second-order valence-electron chi connectivity index (χ2n) is 4.66. The average molecular weight is 237 g/mol. The van der Waals surface area contributed by atoms with E-state index in [4.69, 9.17) is 5.11 Å². The lowest BCUT2D eigenvalue weighted by Crippen LogP contribution is -2.25. The molecule has 0 radical (unpaired) electrons. The van der Waals surface area contributed by atoms with E-state index in [1.54, 1.807) is 17.9 Å². The Morgan fingerprint density at radius 2 is 2.00 bits per heavy atom. The zero-order valence-electron chi connectivity index (χ0n) is 10.2. The average Bonchev–Trinajstić information content (AvgIpc) is 2.50. The fourth-order valence-corrected chi connectivity index (χ4v) is 2.34. The summed E-state index contributed by atoms with van der Waals surface area (Å²) >= 11 is 0. The van der Waals surface area contributed by atoms with Crippen molar-refractivity contribution in [2.75, 3.05) is 13.1 Å². The molecule has 0 atom stereocenters. The Morgan fingerprint density at radius 1 is 1.35 bits per heavy atom. The molecule has 5 nitrogen and oxygen atoms in total. The lowest BCUT2D eigenvalue weighted by molar-refractivity contribution is 0.0694. The number of hydrogen-bond donors (Lipinski definition) is 1. The maximum Gasteiger partial charge on any atom is 0.339 e. The van der Waals surface area contributed by atoms with Crippen molar-refractivity contribution in [1.82, 2.24) is 14.7 Å². The highest BCUT2D eigenvalue weighted by atomic mass is 16.4. The minimum absolute atomic E-state index is 0.330. The number of carbonyl (C=O) groups is 1. The normalized spacial score (nSPS) is 17.9. The number of aromatic carboxylic acids is 1. The van der Waals surface area contributed by atoms with Crippen LogP contribution < -0.4 is 0 Å². The van der Waals surface area contributed by atoms with Crippen molar-refractivity contribution in [2.24, 2.45) is 7.05 Å². The van der Waals surface area contributed by atoms with E-state index in [2.05, 4.69) is 10.00 Å². The van der Waals surface area contributed by atoms with Gasteiger partial charge in [-0.3, -0.25) is 9.58 Å². The Hall–Kier alpha value is -1.36. The van der Waals surface area contributed by atoms with Gasteiger partial charge in [0.05, 0.1) is 5.69 Å². The van der Waals surface area contributed by atoms with Gasteiger partial charge < -0.3 is 5.11 Å². The van der Waals surface area contributed by atoms with Gasteiger partial charge in [0.25, 0.3) is 0 Å². The van der Waals surface area contributed by atoms with Gasteiger partial charge in [-0.25, -0.2) is 4.79 Å². The molecule has 94 valence electrons. The van der Waals surface area contributed by atoms with E-state index in [9.17, 15) is 4.79 Å². The summed E-state index contributed by atoms with van der Waals surface area (Å²) in [7, 11) is 1.76. The van der Waals surface area contributed by atoms with E-state index in [1.807, 2.05) is 0 Å². The summed E-state index contributed by atoms with van der Waals surface area (Å²) < 4.78 is 1.58. The molecule has 2 heterocycles. The van der Waals surface area contributed by atoms with E-state index in [1.165, 1.54) is 25.7 Å². The summed E-state index contributed by atoms with van der Waals surface area (Å²) in [6.45, 7) is 2.76. The first kappa shape index (κ1) is 12.1. The molecule has 0 aliphatic carbocycles. The molecule has 1 saturated heterocycles. The molecule has 0 bridgehead atoms. The minimum atomic E-state index is -0.886. The van der Waals surface area contributed by atoms with Crippen LogP contribution in [0.5, 0.6) is 0 Å². The summed E-state index contributed by atoms with van der Waals surface area (Å²) in [4.78, 5) is 13.4. The highest BCUT2D eigenvalue weighted by Crippen LogP contribution is 2.14. The molecule has 1 aliphatic heterocycles. The monoisotopic (exact) mass is 237 g/mol. The standard InChI is InChI=1S/C12H19N3O2/c1-14-8-10(12(16)17)11(13-14)9-15-6-4-2-3-5-7-15/h8H,2-7,9H2,1H3,(H,16,17). The lowest BCUT2D eigenvalue weighted by Gasteiger charge is -2.18. The topological polar surface area (TPSA) is 58.4 Å². The predicted octanol–water partition coefficient (Wildman–Crippen LogP) is 1.49. The molecule has 0 unspecified atom stereocenters. The second kappa shape index (κ2) is 5.31. The van der Waals surface area contributed by atoms with Crippen molar-refractivity contribution >= 4 is 5.97 Å². The van der Waals surface area contributed by atoms with Crippen LogP contribution in [0.2, 0.25) is 0 Å². The van der Waals surface area contributed by atoms with Crippen LogP contribution in [0.3, 0.4) is 0 Å². The number of carboxylic acids is 1. The molecule has 0 spiro atoms. The largest absolute Gasteiger partial charge is 0.478 e. The van der Waals surface area contributed by atoms with Crippen LogP contribution in [0.25, 0.3) is 0 Å². The number of aryl methyl sites for hydroxylation is 1. The van der Waals surface area contributed by atoms with Gasteiger partial charge in [-0.15, -0.1) is 0 Å². The zero-order chi connectivity index (χ0) is 12.3. The van der Waals surface area contributed by atoms with Gasteiger partial charge in [0.2, 0.25) is 0 Å². The summed E-state index contributed by atoms with van der Waals surface area (Å²) in [5.41, 5.74) is 1.01. The maximum absolute atomic E-state index is 11.1. The molecule has 1 fully saturated rings. The maximum atomic E-state index is 11.1. The molecular formula is C12H19N3O2. The van der Waals surface area contributed by atoms with Crippen LogP contribution in [0.15, 0.2) is 6.20 Å². The van der Waals surface area contributed by atoms with Crippen molar-refractivity contribution in [3.05, 3.63) is 17.5 Å². The van der Waals surface area contributed by atoms with Crippen LogP contribution in [-0.2, 0) is 13.6 Å². The Bertz CT molecular complexity index is 392. The van der Waals surface area contributed by atoms with Crippen LogP contribution >= 0.6 is 0 Å². The number of carboxylic acid groups (broad SMARTS) is 1. The van der Waals surface area contributed by atoms with E-state index in [-0.39, 0.29) is 0 Å². The van der Waals surface area contributed by atoms with Gasteiger partial charge in [0, 0.05) is 19.8 Å². The number of nitrogens with zero attached hydrogens (tertiary/aromatic N) is 3. The smallest absolute Gasteiger partial charge is 0.339 e. The van der Waals surface area contributed by atoms with E-state index < -0.39 is 5.97 Å². The fraction of sp³-hybridized carbons (Fsp3) is 0.667. The third-order valence-corrected chi connectivity index (χ3v) is 3.21. The van der Waals surface area contributed by atoms with Crippen molar-refractivity contribution in [3.8, 4) is 0 Å². The van der Waals surface area contributed by atoms with Crippen LogP contribution in [0.4, 0.5) is 0 Å². The molecule has 1 aromatic rings. The fourth-order valence-electron chi connectivity index (χ4n) is 2.34.